The van der Waals surface area contributed by atoms with Crippen LogP contribution >= 0.6 is 0 Å². The van der Waals surface area contributed by atoms with Gasteiger partial charge in [-0.3, -0.25) is 0 Å². The van der Waals surface area contributed by atoms with Crippen molar-refractivity contribution in [1.82, 2.24) is 0 Å². The minimum atomic E-state index is -2.15. The Labute approximate surface area is 266 Å². The Balaban J connectivity index is 1.10. The largest absolute Gasteiger partial charge is 0.460 e. The predicted octanol–water partition coefficient (Wildman–Crippen LogP) is 1.11. The molecule has 11 nitrogen and oxygen atoms in total. The molecule has 1 spiro atoms. The fourth-order valence-corrected chi connectivity index (χ4v) is 11.5. The molecule has 2 aliphatic heterocycles. The number of hydrogen-bond acceptors (Lipinski definition) is 11. The lowest BCUT2D eigenvalue weighted by atomic mass is 9.43. The highest BCUT2D eigenvalue weighted by Gasteiger charge is 2.69. The zero-order valence-electron chi connectivity index (χ0n) is 27.2. The van der Waals surface area contributed by atoms with E-state index in [1.54, 1.807) is 0 Å². The summed E-state index contributed by atoms with van der Waals surface area (Å²) in [6.07, 6.45) is -3.23. The number of carbonyl (C=O) groups is 1. The first-order valence-electron chi connectivity index (χ1n) is 17.4. The van der Waals surface area contributed by atoms with Gasteiger partial charge in [0, 0.05) is 12.3 Å². The van der Waals surface area contributed by atoms with Crippen LogP contribution in [0.15, 0.2) is 0 Å². The van der Waals surface area contributed by atoms with E-state index in [0.717, 1.165) is 45.1 Å². The van der Waals surface area contributed by atoms with Gasteiger partial charge >= 0.3 is 5.97 Å². The van der Waals surface area contributed by atoms with Gasteiger partial charge in [-0.2, -0.15) is 0 Å². The highest BCUT2D eigenvalue weighted by molar-refractivity contribution is 5.75. The molecule has 0 bridgehead atoms. The summed E-state index contributed by atoms with van der Waals surface area (Å²) in [5.74, 6) is 0.981. The Morgan fingerprint density at radius 3 is 2.24 bits per heavy atom. The molecular weight excluding hydrogens is 584 g/mol. The minimum Gasteiger partial charge on any atom is -0.460 e. The van der Waals surface area contributed by atoms with Crippen LogP contribution in [0.3, 0.4) is 0 Å². The van der Waals surface area contributed by atoms with Crippen LogP contribution in [-0.2, 0) is 19.0 Å². The van der Waals surface area contributed by atoms with E-state index in [9.17, 15) is 35.4 Å². The molecule has 0 amide bonds. The minimum absolute atomic E-state index is 0.0826. The second-order valence-corrected chi connectivity index (χ2v) is 16.3. The van der Waals surface area contributed by atoms with Crippen molar-refractivity contribution in [3.8, 4) is 0 Å². The van der Waals surface area contributed by atoms with Crippen molar-refractivity contribution >= 4 is 5.97 Å². The van der Waals surface area contributed by atoms with Gasteiger partial charge < -0.3 is 50.0 Å². The lowest BCUT2D eigenvalue weighted by molar-refractivity contribution is -0.273. The highest BCUT2D eigenvalue weighted by atomic mass is 16.7. The van der Waals surface area contributed by atoms with Crippen LogP contribution in [0.4, 0.5) is 0 Å². The van der Waals surface area contributed by atoms with Gasteiger partial charge in [0.15, 0.2) is 11.9 Å². The van der Waals surface area contributed by atoms with E-state index in [2.05, 4.69) is 27.7 Å². The topological polar surface area (TPSA) is 186 Å². The molecule has 18 atom stereocenters. The summed E-state index contributed by atoms with van der Waals surface area (Å²) in [6, 6.07) is 0. The van der Waals surface area contributed by atoms with E-state index < -0.39 is 61.1 Å². The molecular formula is C34H56O11. The van der Waals surface area contributed by atoms with Crippen molar-refractivity contribution in [2.24, 2.45) is 52.3 Å². The van der Waals surface area contributed by atoms with Gasteiger partial charge in [-0.1, -0.05) is 27.7 Å². The number of rotatable bonds is 7. The van der Waals surface area contributed by atoms with Crippen LogP contribution < -0.4 is 0 Å². The van der Waals surface area contributed by atoms with E-state index in [1.807, 2.05) is 0 Å². The van der Waals surface area contributed by atoms with Crippen LogP contribution in [-0.4, -0.2) is 110 Å². The molecule has 11 heteroatoms. The summed E-state index contributed by atoms with van der Waals surface area (Å²) >= 11 is 0. The third-order valence-corrected chi connectivity index (χ3v) is 14.0. The van der Waals surface area contributed by atoms with Crippen LogP contribution in [0.5, 0.6) is 0 Å². The molecule has 0 aromatic carbocycles. The van der Waals surface area contributed by atoms with Gasteiger partial charge in [-0.25, -0.2) is 4.79 Å². The Kier molecular flexibility index (Phi) is 9.23. The predicted molar refractivity (Wildman–Crippen MR) is 160 cm³/mol. The molecule has 6 rings (SSSR count). The standard InChI is InChI=1S/C34H56O11/c1-16-5-10-34(43-15-16)17(2)26-25(45-34)13-21-19-12-23(36)22-11-18(6-8-32(22,3)20(19)7-9-33(21,26)4)44-31(42)30(41)29(40)28(39)27(38)24(37)14-35/h16-30,35-41H,5-15H2,1-4H3/t16-,17+,18+,19-,20+,21+,22-,23+,24-,25+,26+,27-,28-,29+,30+,32-,33+,34-/m1/s1. The lowest BCUT2D eigenvalue weighted by Crippen LogP contribution is -2.59. The van der Waals surface area contributed by atoms with Gasteiger partial charge in [0.2, 0.25) is 0 Å². The van der Waals surface area contributed by atoms with Crippen LogP contribution in [0.1, 0.15) is 85.5 Å². The van der Waals surface area contributed by atoms with Gasteiger partial charge in [0.1, 0.15) is 30.5 Å². The van der Waals surface area contributed by atoms with Crippen molar-refractivity contribution in [3.63, 3.8) is 0 Å². The van der Waals surface area contributed by atoms with E-state index in [0.29, 0.717) is 54.8 Å². The van der Waals surface area contributed by atoms with Crippen molar-refractivity contribution in [3.05, 3.63) is 0 Å². The number of esters is 1. The Bertz CT molecular complexity index is 1080. The lowest BCUT2D eigenvalue weighted by Gasteiger charge is -2.62. The average Bonchev–Trinajstić information content (AvgIpc) is 3.46. The van der Waals surface area contributed by atoms with E-state index in [4.69, 9.17) is 19.3 Å². The quantitative estimate of drug-likeness (QED) is 0.198. The summed E-state index contributed by atoms with van der Waals surface area (Å²) in [5, 5.41) is 70.7. The second-order valence-electron chi connectivity index (χ2n) is 16.3. The van der Waals surface area contributed by atoms with E-state index in [1.165, 1.54) is 0 Å². The van der Waals surface area contributed by atoms with E-state index in [-0.39, 0.29) is 22.9 Å². The Morgan fingerprint density at radius 1 is 0.867 bits per heavy atom. The van der Waals surface area contributed by atoms with Crippen LogP contribution in [0.25, 0.3) is 0 Å². The van der Waals surface area contributed by atoms with Crippen molar-refractivity contribution in [2.75, 3.05) is 13.2 Å². The van der Waals surface area contributed by atoms with Crippen molar-refractivity contribution < 1.29 is 54.8 Å². The number of aliphatic hydroxyl groups is 7. The fourth-order valence-electron chi connectivity index (χ4n) is 11.5. The third kappa shape index (κ3) is 5.40. The molecule has 0 aromatic rings. The summed E-state index contributed by atoms with van der Waals surface area (Å²) in [5.41, 5.74) is 0.0125. The smallest absolute Gasteiger partial charge is 0.338 e. The summed E-state index contributed by atoms with van der Waals surface area (Å²) in [6.45, 7) is 9.24. The van der Waals surface area contributed by atoms with Crippen molar-refractivity contribution in [1.29, 1.82) is 0 Å². The number of carbonyl (C=O) groups excluding carboxylic acids is 1. The highest BCUT2D eigenvalue weighted by Crippen LogP contribution is 2.71. The monoisotopic (exact) mass is 640 g/mol. The zero-order chi connectivity index (χ0) is 32.6. The maximum absolute atomic E-state index is 12.8. The molecule has 45 heavy (non-hydrogen) atoms. The van der Waals surface area contributed by atoms with Crippen LogP contribution in [0.2, 0.25) is 0 Å². The summed E-state index contributed by atoms with van der Waals surface area (Å²) < 4.78 is 18.9. The zero-order valence-corrected chi connectivity index (χ0v) is 27.2. The molecule has 0 unspecified atom stereocenters. The molecule has 7 N–H and O–H groups in total. The van der Waals surface area contributed by atoms with Gasteiger partial charge in [0.25, 0.3) is 0 Å². The van der Waals surface area contributed by atoms with Crippen LogP contribution in [0, 0.1) is 52.3 Å². The second kappa shape index (κ2) is 12.2. The Hall–Kier alpha value is -0.890. The number of fused-ring (bicyclic) bond motifs is 7. The van der Waals surface area contributed by atoms with Gasteiger partial charge in [-0.05, 0) is 97.7 Å². The molecule has 6 fully saturated rings. The van der Waals surface area contributed by atoms with Crippen molar-refractivity contribution in [2.45, 2.75) is 140 Å². The summed E-state index contributed by atoms with van der Waals surface area (Å²) in [4.78, 5) is 12.8. The number of aliphatic hydroxyl groups excluding tert-OH is 7. The first-order valence-corrected chi connectivity index (χ1v) is 17.4. The maximum atomic E-state index is 12.8. The molecule has 6 aliphatic rings. The average molecular weight is 641 g/mol. The number of ether oxygens (including phenoxy) is 3. The SMILES string of the molecule is C[C@@H]1CC[C@@]2(OC1)O[C@H]1C[C@H]3[C@@H]4C[C@H](O)[C@H]5C[C@@H](OC(=O)[C@@H](O)[C@@H](O)[C@H](O)[C@H](O)[C@H](O)CO)CC[C@]5(C)[C@H]4CC[C@]3(C)[C@H]1[C@@H]2C. The first kappa shape index (κ1) is 34.0. The first-order chi connectivity index (χ1) is 21.2. The summed E-state index contributed by atoms with van der Waals surface area (Å²) in [7, 11) is 0. The molecule has 4 aliphatic carbocycles. The maximum Gasteiger partial charge on any atom is 0.338 e. The van der Waals surface area contributed by atoms with Gasteiger partial charge in [-0.15, -0.1) is 0 Å². The fraction of sp³-hybridized carbons (Fsp3) is 0.971. The Morgan fingerprint density at radius 2 is 1.58 bits per heavy atom. The normalized spacial score (nSPS) is 50.8. The van der Waals surface area contributed by atoms with E-state index >= 15 is 0 Å². The number of hydrogen-bond donors (Lipinski definition) is 7. The third-order valence-electron chi connectivity index (χ3n) is 14.0. The molecule has 0 radical (unpaired) electrons. The molecule has 2 heterocycles. The molecule has 258 valence electrons. The molecule has 2 saturated heterocycles. The van der Waals surface area contributed by atoms with Gasteiger partial charge in [0.05, 0.1) is 25.4 Å². The molecule has 0 aromatic heterocycles. The molecule has 4 saturated carbocycles.